The van der Waals surface area contributed by atoms with Crippen molar-refractivity contribution in [1.29, 1.82) is 0 Å². The van der Waals surface area contributed by atoms with Crippen LogP contribution in [0, 0.1) is 0 Å². The minimum absolute atomic E-state index is 0.177. The Balaban J connectivity index is 1.71. The van der Waals surface area contributed by atoms with Crippen LogP contribution in [0.4, 0.5) is 24.5 Å². The van der Waals surface area contributed by atoms with E-state index in [0.29, 0.717) is 12.1 Å². The maximum atomic E-state index is 13.6. The molecule has 0 saturated heterocycles. The van der Waals surface area contributed by atoms with Gasteiger partial charge in [0.15, 0.2) is 5.69 Å². The number of hydrogen-bond donors (Lipinski definition) is 1. The van der Waals surface area contributed by atoms with E-state index in [2.05, 4.69) is 10.4 Å². The maximum Gasteiger partial charge on any atom is 0.418 e. The standard InChI is InChI=1S/C22H21F3N4O/c1-28(2)15-11-12-18(17(13-15)22(23,24)25)26-21(30)20-16-9-6-10-19(16)29(27-20)14-7-4-3-5-8-14/h3-5,7-8,11-13H,6,9-10H2,1-2H3,(H,26,30). The Bertz CT molecular complexity index is 1090. The topological polar surface area (TPSA) is 50.2 Å². The average Bonchev–Trinajstić information content (AvgIpc) is 3.30. The van der Waals surface area contributed by atoms with Crippen LogP contribution >= 0.6 is 0 Å². The van der Waals surface area contributed by atoms with Crippen LogP contribution < -0.4 is 10.2 Å². The van der Waals surface area contributed by atoms with E-state index in [9.17, 15) is 18.0 Å². The fourth-order valence-corrected chi connectivity index (χ4v) is 3.74. The van der Waals surface area contributed by atoms with E-state index in [4.69, 9.17) is 0 Å². The molecule has 1 aliphatic rings. The second-order valence-corrected chi connectivity index (χ2v) is 7.45. The number of hydrogen-bond acceptors (Lipinski definition) is 3. The lowest BCUT2D eigenvalue weighted by Crippen LogP contribution is -2.19. The Hall–Kier alpha value is -3.29. The molecule has 1 heterocycles. The summed E-state index contributed by atoms with van der Waals surface area (Å²) < 4.78 is 42.5. The van der Waals surface area contributed by atoms with Crippen LogP contribution in [-0.4, -0.2) is 29.8 Å². The highest BCUT2D eigenvalue weighted by Crippen LogP contribution is 2.37. The number of fused-ring (bicyclic) bond motifs is 1. The van der Waals surface area contributed by atoms with Gasteiger partial charge in [0.1, 0.15) is 0 Å². The second-order valence-electron chi connectivity index (χ2n) is 7.45. The molecular weight excluding hydrogens is 393 g/mol. The van der Waals surface area contributed by atoms with Crippen molar-refractivity contribution in [2.24, 2.45) is 0 Å². The summed E-state index contributed by atoms with van der Waals surface area (Å²) in [6, 6.07) is 13.3. The van der Waals surface area contributed by atoms with Gasteiger partial charge >= 0.3 is 6.18 Å². The molecule has 1 N–H and O–H groups in total. The minimum Gasteiger partial charge on any atom is -0.378 e. The largest absolute Gasteiger partial charge is 0.418 e. The number of nitrogens with zero attached hydrogens (tertiary/aromatic N) is 3. The van der Waals surface area contributed by atoms with Gasteiger partial charge in [0.2, 0.25) is 0 Å². The lowest BCUT2D eigenvalue weighted by molar-refractivity contribution is -0.136. The number of alkyl halides is 3. The average molecular weight is 414 g/mol. The van der Waals surface area contributed by atoms with Crippen LogP contribution in [0.5, 0.6) is 0 Å². The third kappa shape index (κ3) is 3.65. The second kappa shape index (κ2) is 7.51. The Morgan fingerprint density at radius 1 is 1.10 bits per heavy atom. The van der Waals surface area contributed by atoms with Crippen molar-refractivity contribution in [3.63, 3.8) is 0 Å². The van der Waals surface area contributed by atoms with Crippen molar-refractivity contribution >= 4 is 17.3 Å². The number of benzene rings is 2. The molecule has 4 rings (SSSR count). The van der Waals surface area contributed by atoms with E-state index >= 15 is 0 Å². The molecule has 1 aliphatic carbocycles. The van der Waals surface area contributed by atoms with Gasteiger partial charge in [-0.1, -0.05) is 18.2 Å². The Kier molecular flexibility index (Phi) is 5.01. The summed E-state index contributed by atoms with van der Waals surface area (Å²) in [5.41, 5.74) is 1.97. The number of rotatable bonds is 4. The summed E-state index contributed by atoms with van der Waals surface area (Å²) in [7, 11) is 3.32. The lowest BCUT2D eigenvalue weighted by atomic mass is 10.1. The van der Waals surface area contributed by atoms with Crippen molar-refractivity contribution in [1.82, 2.24) is 9.78 Å². The third-order valence-corrected chi connectivity index (χ3v) is 5.22. The Morgan fingerprint density at radius 2 is 1.83 bits per heavy atom. The van der Waals surface area contributed by atoms with Gasteiger partial charge < -0.3 is 10.2 Å². The summed E-state index contributed by atoms with van der Waals surface area (Å²) in [6.45, 7) is 0. The van der Waals surface area contributed by atoms with E-state index in [1.54, 1.807) is 23.7 Å². The SMILES string of the molecule is CN(C)c1ccc(NC(=O)c2nn(-c3ccccc3)c3c2CCC3)c(C(F)(F)F)c1. The molecule has 0 aliphatic heterocycles. The fraction of sp³-hybridized carbons (Fsp3) is 0.273. The molecule has 0 saturated carbocycles. The summed E-state index contributed by atoms with van der Waals surface area (Å²) in [6.07, 6.45) is -2.27. The maximum absolute atomic E-state index is 13.6. The third-order valence-electron chi connectivity index (χ3n) is 5.22. The van der Waals surface area contributed by atoms with E-state index in [0.717, 1.165) is 35.9 Å². The molecule has 5 nitrogen and oxygen atoms in total. The van der Waals surface area contributed by atoms with Gasteiger partial charge in [-0.3, -0.25) is 4.79 Å². The van der Waals surface area contributed by atoms with Crippen LogP contribution in [0.25, 0.3) is 5.69 Å². The van der Waals surface area contributed by atoms with Gasteiger partial charge in [-0.25, -0.2) is 4.68 Å². The zero-order chi connectivity index (χ0) is 21.5. The van der Waals surface area contributed by atoms with Crippen molar-refractivity contribution < 1.29 is 18.0 Å². The van der Waals surface area contributed by atoms with Crippen molar-refractivity contribution in [3.05, 3.63) is 71.0 Å². The Morgan fingerprint density at radius 3 is 2.50 bits per heavy atom. The zero-order valence-corrected chi connectivity index (χ0v) is 16.6. The van der Waals surface area contributed by atoms with Crippen molar-refractivity contribution in [2.75, 3.05) is 24.3 Å². The first kappa shape index (κ1) is 20.0. The zero-order valence-electron chi connectivity index (χ0n) is 16.6. The molecule has 0 radical (unpaired) electrons. The quantitative estimate of drug-likeness (QED) is 0.673. The number of carbonyl (C=O) groups is 1. The molecule has 0 bridgehead atoms. The van der Waals surface area contributed by atoms with Crippen molar-refractivity contribution in [3.8, 4) is 5.69 Å². The molecule has 0 spiro atoms. The number of amides is 1. The first-order valence-electron chi connectivity index (χ1n) is 9.62. The van der Waals surface area contributed by atoms with E-state index in [1.807, 2.05) is 30.3 Å². The van der Waals surface area contributed by atoms with Crippen molar-refractivity contribution in [2.45, 2.75) is 25.4 Å². The monoisotopic (exact) mass is 414 g/mol. The van der Waals surface area contributed by atoms with Gasteiger partial charge in [0.25, 0.3) is 5.91 Å². The fourth-order valence-electron chi connectivity index (χ4n) is 3.74. The molecule has 30 heavy (non-hydrogen) atoms. The van der Waals surface area contributed by atoms with Gasteiger partial charge in [0, 0.05) is 31.0 Å². The molecular formula is C22H21F3N4O. The number of halogens is 3. The van der Waals surface area contributed by atoms with E-state index < -0.39 is 17.6 Å². The number of nitrogens with one attached hydrogen (secondary N) is 1. The highest BCUT2D eigenvalue weighted by Gasteiger charge is 2.35. The molecule has 0 unspecified atom stereocenters. The predicted octanol–water partition coefficient (Wildman–Crippen LogP) is 4.70. The number of para-hydroxylation sites is 1. The number of anilines is 2. The van der Waals surface area contributed by atoms with Gasteiger partial charge in [-0.05, 0) is 49.6 Å². The molecule has 1 aromatic heterocycles. The van der Waals surface area contributed by atoms with Gasteiger partial charge in [-0.15, -0.1) is 0 Å². The van der Waals surface area contributed by atoms with Gasteiger partial charge in [0.05, 0.1) is 16.9 Å². The highest BCUT2D eigenvalue weighted by atomic mass is 19.4. The highest BCUT2D eigenvalue weighted by molar-refractivity contribution is 6.04. The molecule has 2 aromatic carbocycles. The molecule has 0 atom stereocenters. The number of carbonyl (C=O) groups excluding carboxylic acids is 1. The van der Waals surface area contributed by atoms with Crippen LogP contribution in [0.15, 0.2) is 48.5 Å². The molecule has 0 fully saturated rings. The summed E-state index contributed by atoms with van der Waals surface area (Å²) in [4.78, 5) is 14.5. The molecule has 156 valence electrons. The van der Waals surface area contributed by atoms with Crippen LogP contribution in [-0.2, 0) is 19.0 Å². The first-order valence-corrected chi connectivity index (χ1v) is 9.62. The predicted molar refractivity (Wildman–Crippen MR) is 109 cm³/mol. The summed E-state index contributed by atoms with van der Waals surface area (Å²) in [5, 5.41) is 6.89. The van der Waals surface area contributed by atoms with Crippen LogP contribution in [0.3, 0.4) is 0 Å². The van der Waals surface area contributed by atoms with E-state index in [-0.39, 0.29) is 11.4 Å². The number of aromatic nitrogens is 2. The first-order chi connectivity index (χ1) is 14.3. The van der Waals surface area contributed by atoms with E-state index in [1.165, 1.54) is 12.1 Å². The minimum atomic E-state index is -4.60. The van der Waals surface area contributed by atoms with Gasteiger partial charge in [-0.2, -0.15) is 18.3 Å². The summed E-state index contributed by atoms with van der Waals surface area (Å²) >= 11 is 0. The normalized spacial score (nSPS) is 13.2. The lowest BCUT2D eigenvalue weighted by Gasteiger charge is -2.18. The molecule has 1 amide bonds. The van der Waals surface area contributed by atoms with Crippen LogP contribution in [0.2, 0.25) is 0 Å². The Labute approximate surface area is 172 Å². The summed E-state index contributed by atoms with van der Waals surface area (Å²) in [5.74, 6) is -0.633. The molecule has 3 aromatic rings. The van der Waals surface area contributed by atoms with Crippen LogP contribution in [0.1, 0.15) is 33.7 Å². The smallest absolute Gasteiger partial charge is 0.378 e. The molecule has 8 heteroatoms.